The normalized spacial score (nSPS) is 14.6. The van der Waals surface area contributed by atoms with Crippen LogP contribution in [0.2, 0.25) is 0 Å². The summed E-state index contributed by atoms with van der Waals surface area (Å²) in [6.45, 7) is 0. The van der Waals surface area contributed by atoms with Crippen LogP contribution in [0.5, 0.6) is 0 Å². The molecule has 0 aliphatic heterocycles. The van der Waals surface area contributed by atoms with Gasteiger partial charge in [0.25, 0.3) is 0 Å². The maximum Gasteiger partial charge on any atom is 1.00 e. The van der Waals surface area contributed by atoms with Crippen molar-refractivity contribution < 1.29 is 104 Å². The van der Waals surface area contributed by atoms with Crippen molar-refractivity contribution in [1.82, 2.24) is 0 Å². The third kappa shape index (κ3) is 6.09. The molecular formula is C8H8F9KO3S. The Morgan fingerprint density at radius 2 is 1.18 bits per heavy atom. The average Bonchev–Trinajstić information content (AvgIpc) is 2.21. The maximum absolute atomic E-state index is 12.9. The standard InChI is InChI=1S/C8H9F9O3S.K/c9-5(10,3-1-2-4-21(18,19)20)6(11,12)7(13,14)8(15,16)17;/h1-4H2,(H,18,19,20);/q;+1/p-1. The fourth-order valence-electron chi connectivity index (χ4n) is 1.19. The zero-order valence-electron chi connectivity index (χ0n) is 10.9. The molecular weight excluding hydrogens is 386 g/mol. The minimum Gasteiger partial charge on any atom is -0.748 e. The molecule has 128 valence electrons. The zero-order valence-corrected chi connectivity index (χ0v) is 14.8. The van der Waals surface area contributed by atoms with Gasteiger partial charge in [0.05, 0.1) is 10.1 Å². The summed E-state index contributed by atoms with van der Waals surface area (Å²) < 4.78 is 141. The predicted octanol–water partition coefficient (Wildman–Crippen LogP) is 0.174. The van der Waals surface area contributed by atoms with Crippen molar-refractivity contribution in [2.75, 3.05) is 5.75 Å². The van der Waals surface area contributed by atoms with E-state index in [1.54, 1.807) is 0 Å². The number of rotatable bonds is 7. The Kier molecular flexibility index (Phi) is 8.99. The molecule has 0 rings (SSSR count). The summed E-state index contributed by atoms with van der Waals surface area (Å²) >= 11 is 0. The molecule has 0 saturated carbocycles. The topological polar surface area (TPSA) is 57.2 Å². The molecule has 0 aromatic heterocycles. The number of hydrogen-bond acceptors (Lipinski definition) is 3. The van der Waals surface area contributed by atoms with E-state index in [0.717, 1.165) is 0 Å². The molecule has 0 bridgehead atoms. The van der Waals surface area contributed by atoms with E-state index >= 15 is 0 Å². The van der Waals surface area contributed by atoms with E-state index in [-0.39, 0.29) is 51.4 Å². The van der Waals surface area contributed by atoms with Crippen molar-refractivity contribution in [2.24, 2.45) is 0 Å². The van der Waals surface area contributed by atoms with E-state index < -0.39 is 59.1 Å². The summed E-state index contributed by atoms with van der Waals surface area (Å²) in [4.78, 5) is 0. The van der Waals surface area contributed by atoms with E-state index in [2.05, 4.69) is 0 Å². The third-order valence-electron chi connectivity index (χ3n) is 2.34. The number of alkyl halides is 9. The molecule has 0 amide bonds. The summed E-state index contributed by atoms with van der Waals surface area (Å²) in [7, 11) is -4.84. The second-order valence-electron chi connectivity index (χ2n) is 4.07. The summed E-state index contributed by atoms with van der Waals surface area (Å²) in [6, 6.07) is 0. The molecule has 0 N–H and O–H groups in total. The fourth-order valence-corrected chi connectivity index (χ4v) is 1.75. The van der Waals surface area contributed by atoms with E-state index in [1.807, 2.05) is 0 Å². The SMILES string of the molecule is O=S(=O)([O-])CCCCC(F)(F)C(F)(F)C(F)(F)C(F)(F)F.[K+]. The Hall–Kier alpha value is 0.916. The van der Waals surface area contributed by atoms with Crippen LogP contribution in [-0.2, 0) is 10.1 Å². The number of halogens is 9. The van der Waals surface area contributed by atoms with Crippen LogP contribution in [0.25, 0.3) is 0 Å². The van der Waals surface area contributed by atoms with Gasteiger partial charge in [0.2, 0.25) is 0 Å². The van der Waals surface area contributed by atoms with Crippen LogP contribution in [0.15, 0.2) is 0 Å². The van der Waals surface area contributed by atoms with Crippen molar-refractivity contribution in [3.63, 3.8) is 0 Å². The van der Waals surface area contributed by atoms with Crippen LogP contribution in [-0.4, -0.2) is 42.7 Å². The molecule has 0 unspecified atom stereocenters. The van der Waals surface area contributed by atoms with Gasteiger partial charge in [-0.3, -0.25) is 0 Å². The van der Waals surface area contributed by atoms with Crippen molar-refractivity contribution in [3.8, 4) is 0 Å². The third-order valence-corrected chi connectivity index (χ3v) is 3.13. The first kappa shape index (κ1) is 25.2. The Morgan fingerprint density at radius 3 is 1.50 bits per heavy atom. The van der Waals surface area contributed by atoms with Gasteiger partial charge in [-0.1, -0.05) is 0 Å². The van der Waals surface area contributed by atoms with Crippen LogP contribution in [0.1, 0.15) is 19.3 Å². The summed E-state index contributed by atoms with van der Waals surface area (Å²) in [5, 5.41) is 0. The van der Waals surface area contributed by atoms with Gasteiger partial charge in [0.15, 0.2) is 0 Å². The average molecular weight is 394 g/mol. The van der Waals surface area contributed by atoms with Gasteiger partial charge in [-0.15, -0.1) is 0 Å². The molecule has 0 saturated heterocycles. The summed E-state index contributed by atoms with van der Waals surface area (Å²) in [5.41, 5.74) is 0. The molecule has 0 aromatic carbocycles. The fraction of sp³-hybridized carbons (Fsp3) is 1.00. The van der Waals surface area contributed by atoms with Crippen LogP contribution in [0.4, 0.5) is 39.5 Å². The molecule has 3 nitrogen and oxygen atoms in total. The minimum absolute atomic E-state index is 0. The first-order valence-electron chi connectivity index (χ1n) is 5.09. The second-order valence-corrected chi connectivity index (χ2v) is 5.59. The van der Waals surface area contributed by atoms with Crippen LogP contribution in [0.3, 0.4) is 0 Å². The Labute approximate surface area is 161 Å². The van der Waals surface area contributed by atoms with Gasteiger partial charge in [0.1, 0.15) is 0 Å². The monoisotopic (exact) mass is 394 g/mol. The molecule has 0 aliphatic rings. The maximum atomic E-state index is 12.9. The van der Waals surface area contributed by atoms with Crippen molar-refractivity contribution in [1.29, 1.82) is 0 Å². The molecule has 0 aliphatic carbocycles. The van der Waals surface area contributed by atoms with Gasteiger partial charge in [-0.25, -0.2) is 8.42 Å². The van der Waals surface area contributed by atoms with E-state index in [0.29, 0.717) is 0 Å². The predicted molar refractivity (Wildman–Crippen MR) is 49.3 cm³/mol. The van der Waals surface area contributed by atoms with Crippen molar-refractivity contribution in [3.05, 3.63) is 0 Å². The Bertz CT molecular complexity index is 460. The molecule has 0 radical (unpaired) electrons. The summed E-state index contributed by atoms with van der Waals surface area (Å²) in [5.74, 6) is -20.6. The van der Waals surface area contributed by atoms with Crippen LogP contribution >= 0.6 is 0 Å². The van der Waals surface area contributed by atoms with Crippen LogP contribution < -0.4 is 51.4 Å². The van der Waals surface area contributed by atoms with Gasteiger partial charge in [0, 0.05) is 12.2 Å². The van der Waals surface area contributed by atoms with E-state index in [9.17, 15) is 52.5 Å². The van der Waals surface area contributed by atoms with Crippen molar-refractivity contribution in [2.45, 2.75) is 43.2 Å². The Morgan fingerprint density at radius 1 is 0.773 bits per heavy atom. The molecule has 22 heavy (non-hydrogen) atoms. The smallest absolute Gasteiger partial charge is 0.748 e. The van der Waals surface area contributed by atoms with Gasteiger partial charge >= 0.3 is 75.3 Å². The Balaban J connectivity index is 0. The number of hydrogen-bond donors (Lipinski definition) is 0. The molecule has 0 aromatic rings. The van der Waals surface area contributed by atoms with Gasteiger partial charge in [-0.05, 0) is 12.8 Å². The quantitative estimate of drug-likeness (QED) is 0.268. The minimum atomic E-state index is -6.96. The zero-order chi connectivity index (χ0) is 17.3. The molecule has 0 fully saturated rings. The molecule has 0 heterocycles. The molecule has 14 heteroatoms. The largest absolute Gasteiger partial charge is 1.00 e. The first-order chi connectivity index (χ1) is 8.96. The van der Waals surface area contributed by atoms with Gasteiger partial charge < -0.3 is 4.55 Å². The second kappa shape index (κ2) is 7.86. The van der Waals surface area contributed by atoms with E-state index in [1.165, 1.54) is 0 Å². The first-order valence-corrected chi connectivity index (χ1v) is 6.67. The van der Waals surface area contributed by atoms with Crippen LogP contribution in [0, 0.1) is 0 Å². The summed E-state index contributed by atoms with van der Waals surface area (Å²) in [6.07, 6.45) is -11.1. The number of unbranched alkanes of at least 4 members (excludes halogenated alkanes) is 1. The van der Waals surface area contributed by atoms with Gasteiger partial charge in [-0.2, -0.15) is 39.5 Å². The molecule has 0 spiro atoms. The van der Waals surface area contributed by atoms with Crippen molar-refractivity contribution >= 4 is 10.1 Å². The molecule has 0 atom stereocenters. The van der Waals surface area contributed by atoms with E-state index in [4.69, 9.17) is 0 Å².